The summed E-state index contributed by atoms with van der Waals surface area (Å²) in [6, 6.07) is 36.2. The van der Waals surface area contributed by atoms with E-state index in [-0.39, 0.29) is 33.0 Å². The Hall–Kier alpha value is -4.82. The standard InChI is InChI=1S/C42H41NO5/c1-28-5-2-6-32(23-44)40(28)29-11-17-37(18-12-29)43(38-19-13-30(14-20-38)41-33(24-45)7-3-8-34(41)25-46)39-21-15-31(16-22-39)42-35(26-47)9-4-10-36(42)27-48/h2-3,5-9,11-22,44-48H,4,10,23-27H2,1H3. The molecular formula is C42H41NO5. The fourth-order valence-electron chi connectivity index (χ4n) is 6.91. The summed E-state index contributed by atoms with van der Waals surface area (Å²) in [4.78, 5) is 2.16. The van der Waals surface area contributed by atoms with Crippen LogP contribution in [0.15, 0.2) is 126 Å². The van der Waals surface area contributed by atoms with E-state index in [1.165, 1.54) is 0 Å². The van der Waals surface area contributed by atoms with Crippen LogP contribution in [0.5, 0.6) is 0 Å². The van der Waals surface area contributed by atoms with Crippen molar-refractivity contribution in [1.82, 2.24) is 0 Å². The zero-order valence-electron chi connectivity index (χ0n) is 27.1. The lowest BCUT2D eigenvalue weighted by Gasteiger charge is -2.27. The predicted molar refractivity (Wildman–Crippen MR) is 193 cm³/mol. The monoisotopic (exact) mass is 639 g/mol. The molecule has 5 N–H and O–H groups in total. The molecule has 1 aliphatic rings. The van der Waals surface area contributed by atoms with Crippen LogP contribution in [0, 0.1) is 6.92 Å². The molecule has 0 saturated heterocycles. The maximum atomic E-state index is 10.1. The van der Waals surface area contributed by atoms with Gasteiger partial charge in [0.15, 0.2) is 0 Å². The summed E-state index contributed by atoms with van der Waals surface area (Å²) in [5.74, 6) is 0. The molecular weight excluding hydrogens is 598 g/mol. The van der Waals surface area contributed by atoms with Crippen molar-refractivity contribution < 1.29 is 25.5 Å². The number of benzene rings is 5. The zero-order valence-corrected chi connectivity index (χ0v) is 27.1. The third-order valence-electron chi connectivity index (χ3n) is 9.22. The lowest BCUT2D eigenvalue weighted by atomic mass is 9.86. The molecule has 0 bridgehead atoms. The Labute approximate surface area is 281 Å². The molecule has 0 radical (unpaired) electrons. The SMILES string of the molecule is Cc1cccc(CO)c1-c1ccc(N(c2ccc(C3=C(CO)CCC=C3CO)cc2)c2ccc(-c3c(CO)cccc3CO)cc2)cc1. The number of nitrogens with zero attached hydrogens (tertiary/aromatic N) is 1. The minimum atomic E-state index is -0.129. The van der Waals surface area contributed by atoms with Crippen LogP contribution in [-0.2, 0) is 19.8 Å². The number of hydrogen-bond donors (Lipinski definition) is 5. The van der Waals surface area contributed by atoms with E-state index >= 15 is 0 Å². The Morgan fingerprint density at radius 3 is 1.44 bits per heavy atom. The van der Waals surface area contributed by atoms with Gasteiger partial charge in [-0.3, -0.25) is 0 Å². The molecule has 6 heteroatoms. The smallest absolute Gasteiger partial charge is 0.0687 e. The summed E-state index contributed by atoms with van der Waals surface area (Å²) < 4.78 is 0. The molecule has 0 saturated carbocycles. The third-order valence-corrected chi connectivity index (χ3v) is 9.22. The van der Waals surface area contributed by atoms with Gasteiger partial charge in [-0.05, 0) is 123 Å². The first-order chi connectivity index (χ1) is 23.5. The Morgan fingerprint density at radius 1 is 0.500 bits per heavy atom. The average Bonchev–Trinajstić information content (AvgIpc) is 3.15. The molecule has 0 atom stereocenters. The second-order valence-electron chi connectivity index (χ2n) is 12.1. The van der Waals surface area contributed by atoms with Crippen molar-refractivity contribution in [3.8, 4) is 22.3 Å². The molecule has 244 valence electrons. The van der Waals surface area contributed by atoms with Gasteiger partial charge in [0.25, 0.3) is 0 Å². The van der Waals surface area contributed by atoms with E-state index in [9.17, 15) is 25.5 Å². The van der Waals surface area contributed by atoms with Crippen molar-refractivity contribution in [1.29, 1.82) is 0 Å². The summed E-state index contributed by atoms with van der Waals surface area (Å²) in [5, 5.41) is 50.3. The molecule has 0 aliphatic heterocycles. The maximum Gasteiger partial charge on any atom is 0.0687 e. The molecule has 0 heterocycles. The second-order valence-corrected chi connectivity index (χ2v) is 12.1. The van der Waals surface area contributed by atoms with Crippen LogP contribution in [0.4, 0.5) is 17.1 Å². The van der Waals surface area contributed by atoms with Gasteiger partial charge in [-0.15, -0.1) is 0 Å². The van der Waals surface area contributed by atoms with Gasteiger partial charge in [0.2, 0.25) is 0 Å². The quantitative estimate of drug-likeness (QED) is 0.101. The van der Waals surface area contributed by atoms with Gasteiger partial charge in [-0.1, -0.05) is 78.9 Å². The Balaban J connectivity index is 1.44. The Bertz CT molecular complexity index is 1920. The molecule has 6 rings (SSSR count). The number of hydrogen-bond acceptors (Lipinski definition) is 6. The number of allylic oxidation sites excluding steroid dienone is 1. The maximum absolute atomic E-state index is 10.1. The Morgan fingerprint density at radius 2 is 0.958 bits per heavy atom. The van der Waals surface area contributed by atoms with Crippen molar-refractivity contribution in [3.63, 3.8) is 0 Å². The van der Waals surface area contributed by atoms with Crippen LogP contribution in [0.2, 0.25) is 0 Å². The molecule has 0 aromatic heterocycles. The molecule has 0 spiro atoms. The van der Waals surface area contributed by atoms with Gasteiger partial charge in [-0.25, -0.2) is 0 Å². The molecule has 0 amide bonds. The van der Waals surface area contributed by atoms with Crippen molar-refractivity contribution >= 4 is 22.6 Å². The molecule has 1 aliphatic carbocycles. The number of rotatable bonds is 11. The van der Waals surface area contributed by atoms with Crippen LogP contribution in [0.1, 0.15) is 40.7 Å². The molecule has 6 nitrogen and oxygen atoms in total. The van der Waals surface area contributed by atoms with E-state index in [4.69, 9.17) is 0 Å². The van der Waals surface area contributed by atoms with E-state index in [0.717, 1.165) is 96.7 Å². The Kier molecular flexibility index (Phi) is 10.3. The fraction of sp³-hybridized carbons (Fsp3) is 0.190. The normalized spacial score (nSPS) is 13.1. The number of aliphatic hydroxyl groups is 5. The summed E-state index contributed by atoms with van der Waals surface area (Å²) in [5.41, 5.74) is 13.7. The van der Waals surface area contributed by atoms with E-state index < -0.39 is 0 Å². The lowest BCUT2D eigenvalue weighted by molar-refractivity contribution is 0.276. The second kappa shape index (κ2) is 14.9. The lowest BCUT2D eigenvalue weighted by Crippen LogP contribution is -2.11. The van der Waals surface area contributed by atoms with E-state index in [0.29, 0.717) is 0 Å². The highest BCUT2D eigenvalue weighted by Gasteiger charge is 2.19. The fourth-order valence-corrected chi connectivity index (χ4v) is 6.91. The van der Waals surface area contributed by atoms with Gasteiger partial charge in [0.1, 0.15) is 0 Å². The first kappa shape index (κ1) is 33.1. The van der Waals surface area contributed by atoms with Crippen LogP contribution >= 0.6 is 0 Å². The topological polar surface area (TPSA) is 104 Å². The summed E-state index contributed by atoms with van der Waals surface area (Å²) in [6.45, 7) is 1.63. The van der Waals surface area contributed by atoms with Crippen LogP contribution in [-0.4, -0.2) is 38.7 Å². The number of anilines is 3. The molecule has 48 heavy (non-hydrogen) atoms. The highest BCUT2D eigenvalue weighted by molar-refractivity contribution is 5.85. The van der Waals surface area contributed by atoms with E-state index in [1.807, 2.05) is 72.8 Å². The first-order valence-electron chi connectivity index (χ1n) is 16.3. The number of aliphatic hydroxyl groups excluding tert-OH is 5. The number of aryl methyl sites for hydroxylation is 1. The highest BCUT2D eigenvalue weighted by Crippen LogP contribution is 2.40. The average molecular weight is 640 g/mol. The molecule has 5 aromatic rings. The first-order valence-corrected chi connectivity index (χ1v) is 16.3. The van der Waals surface area contributed by atoms with Gasteiger partial charge in [0, 0.05) is 17.1 Å². The summed E-state index contributed by atoms with van der Waals surface area (Å²) in [6.07, 6.45) is 3.61. The summed E-state index contributed by atoms with van der Waals surface area (Å²) in [7, 11) is 0. The van der Waals surface area contributed by atoms with Gasteiger partial charge < -0.3 is 30.4 Å². The molecule has 0 unspecified atom stereocenters. The van der Waals surface area contributed by atoms with Gasteiger partial charge in [-0.2, -0.15) is 0 Å². The zero-order chi connectivity index (χ0) is 33.6. The molecule has 0 fully saturated rings. The van der Waals surface area contributed by atoms with Crippen molar-refractivity contribution in [2.45, 2.75) is 39.6 Å². The third kappa shape index (κ3) is 6.49. The van der Waals surface area contributed by atoms with Crippen LogP contribution in [0.3, 0.4) is 0 Å². The van der Waals surface area contributed by atoms with Crippen LogP contribution < -0.4 is 4.90 Å². The minimum absolute atomic E-state index is 0.0391. The predicted octanol–water partition coefficient (Wildman–Crippen LogP) is 7.73. The van der Waals surface area contributed by atoms with Crippen molar-refractivity contribution in [2.75, 3.05) is 18.1 Å². The molecule has 5 aromatic carbocycles. The largest absolute Gasteiger partial charge is 0.392 e. The van der Waals surface area contributed by atoms with Gasteiger partial charge in [0.05, 0.1) is 33.0 Å². The summed E-state index contributed by atoms with van der Waals surface area (Å²) >= 11 is 0. The van der Waals surface area contributed by atoms with Gasteiger partial charge >= 0.3 is 0 Å². The minimum Gasteiger partial charge on any atom is -0.392 e. The van der Waals surface area contributed by atoms with Crippen LogP contribution in [0.25, 0.3) is 27.8 Å². The van der Waals surface area contributed by atoms with Crippen molar-refractivity contribution in [2.24, 2.45) is 0 Å². The van der Waals surface area contributed by atoms with E-state index in [1.54, 1.807) is 0 Å². The van der Waals surface area contributed by atoms with Crippen molar-refractivity contribution in [3.05, 3.63) is 154 Å². The van der Waals surface area contributed by atoms with E-state index in [2.05, 4.69) is 54.3 Å². The highest BCUT2D eigenvalue weighted by atomic mass is 16.3.